The van der Waals surface area contributed by atoms with Gasteiger partial charge in [-0.3, -0.25) is 9.59 Å². The largest absolute Gasteiger partial charge is 0.466 e. The lowest BCUT2D eigenvalue weighted by atomic mass is 9.81. The fourth-order valence-corrected chi connectivity index (χ4v) is 7.12. The minimum absolute atomic E-state index is 0.160. The summed E-state index contributed by atoms with van der Waals surface area (Å²) in [7, 11) is -1.29. The summed E-state index contributed by atoms with van der Waals surface area (Å²) >= 11 is 6.22. The van der Waals surface area contributed by atoms with E-state index >= 15 is 4.39 Å². The first-order valence-electron chi connectivity index (χ1n) is 16.3. The Labute approximate surface area is 272 Å². The highest BCUT2D eigenvalue weighted by atomic mass is 35.5. The Balaban J connectivity index is 1.65. The van der Waals surface area contributed by atoms with Crippen molar-refractivity contribution < 1.29 is 23.1 Å². The average Bonchev–Trinajstić information content (AvgIpc) is 3.42. The van der Waals surface area contributed by atoms with Crippen LogP contribution in [0.4, 0.5) is 8.78 Å². The van der Waals surface area contributed by atoms with E-state index in [1.807, 2.05) is 47.5 Å². The zero-order valence-electron chi connectivity index (χ0n) is 26.9. The first kappa shape index (κ1) is 34.9. The van der Waals surface area contributed by atoms with Gasteiger partial charge in [0.1, 0.15) is 17.5 Å². The summed E-state index contributed by atoms with van der Waals surface area (Å²) in [5, 5.41) is 0. The standard InChI is InChI=1S/C36H47ClF2N2O3Si/c1-45(2,3)21-20-44-35(43)16-10-11-19-41(34(42)24-37)36(28-14-8-5-9-15-28)33-22-29(31-23-30(38)17-18-32(31)39)26-40(33)25-27-12-6-4-7-13-27/h4,6-7,12-13,17-18,22-23,26,28,36H,5,8-11,14-16,19-21,24-25H2,1-3H3/t36-/m1/s1. The van der Waals surface area contributed by atoms with Crippen LogP contribution in [0.1, 0.15) is 68.7 Å². The number of rotatable bonds is 15. The van der Waals surface area contributed by atoms with E-state index in [4.69, 9.17) is 16.3 Å². The molecular weight excluding hydrogens is 610 g/mol. The maximum Gasteiger partial charge on any atom is 0.305 e. The lowest BCUT2D eigenvalue weighted by Gasteiger charge is -2.39. The summed E-state index contributed by atoms with van der Waals surface area (Å²) < 4.78 is 36.9. The molecule has 244 valence electrons. The van der Waals surface area contributed by atoms with Crippen molar-refractivity contribution in [1.82, 2.24) is 9.47 Å². The monoisotopic (exact) mass is 656 g/mol. The van der Waals surface area contributed by atoms with Gasteiger partial charge in [0, 0.05) is 50.6 Å². The molecule has 0 saturated heterocycles. The number of aromatic nitrogens is 1. The molecule has 0 N–H and O–H groups in total. The third kappa shape index (κ3) is 10.3. The van der Waals surface area contributed by atoms with Crippen molar-refractivity contribution in [1.29, 1.82) is 0 Å². The number of carbonyl (C=O) groups is 2. The second-order valence-electron chi connectivity index (χ2n) is 13.4. The van der Waals surface area contributed by atoms with Gasteiger partial charge in [0.2, 0.25) is 5.91 Å². The molecule has 0 unspecified atom stereocenters. The molecule has 1 fully saturated rings. The van der Waals surface area contributed by atoms with E-state index in [1.165, 1.54) is 6.07 Å². The Morgan fingerprint density at radius 3 is 2.44 bits per heavy atom. The highest BCUT2D eigenvalue weighted by Gasteiger charge is 2.35. The molecule has 2 aromatic carbocycles. The molecule has 1 amide bonds. The number of halogens is 3. The SMILES string of the molecule is C[Si](C)(C)CCOC(=O)CCCCN(C(=O)CCl)[C@@H](c1cc(-c2cc(F)ccc2F)cn1Cc1ccccc1)C1CCCCC1. The van der Waals surface area contributed by atoms with Gasteiger partial charge in [0.15, 0.2) is 0 Å². The van der Waals surface area contributed by atoms with E-state index in [0.717, 1.165) is 61.5 Å². The number of carbonyl (C=O) groups excluding carboxylic acids is 2. The molecule has 3 aromatic rings. The van der Waals surface area contributed by atoms with Gasteiger partial charge in [0.25, 0.3) is 0 Å². The van der Waals surface area contributed by atoms with Crippen molar-refractivity contribution in [3.8, 4) is 11.1 Å². The summed E-state index contributed by atoms with van der Waals surface area (Å²) in [6.07, 6.45) is 8.60. The second-order valence-corrected chi connectivity index (χ2v) is 19.3. The van der Waals surface area contributed by atoms with Crippen LogP contribution in [0.5, 0.6) is 0 Å². The van der Waals surface area contributed by atoms with Crippen LogP contribution in [0, 0.1) is 17.6 Å². The van der Waals surface area contributed by atoms with Crippen molar-refractivity contribution in [3.05, 3.63) is 83.7 Å². The maximum atomic E-state index is 15.0. The van der Waals surface area contributed by atoms with Crippen LogP contribution in [0.15, 0.2) is 60.8 Å². The number of unbranched alkanes of at least 4 members (excludes halogenated alkanes) is 1. The predicted octanol–water partition coefficient (Wildman–Crippen LogP) is 9.22. The van der Waals surface area contributed by atoms with Crippen molar-refractivity contribution >= 4 is 31.6 Å². The molecule has 1 atom stereocenters. The molecule has 1 heterocycles. The fraction of sp³-hybridized carbons (Fsp3) is 0.500. The predicted molar refractivity (Wildman–Crippen MR) is 180 cm³/mol. The number of benzene rings is 2. The minimum Gasteiger partial charge on any atom is -0.466 e. The molecule has 5 nitrogen and oxygen atoms in total. The number of hydrogen-bond acceptors (Lipinski definition) is 3. The molecule has 4 rings (SSSR count). The van der Waals surface area contributed by atoms with E-state index < -0.39 is 19.7 Å². The van der Waals surface area contributed by atoms with Gasteiger partial charge in [0.05, 0.1) is 12.6 Å². The Morgan fingerprint density at radius 1 is 1.02 bits per heavy atom. The molecule has 0 radical (unpaired) electrons. The lowest BCUT2D eigenvalue weighted by Crippen LogP contribution is -2.41. The van der Waals surface area contributed by atoms with Gasteiger partial charge in [-0.15, -0.1) is 11.6 Å². The average molecular weight is 657 g/mol. The number of nitrogens with zero attached hydrogens (tertiary/aromatic N) is 2. The van der Waals surface area contributed by atoms with Gasteiger partial charge in [-0.25, -0.2) is 8.78 Å². The lowest BCUT2D eigenvalue weighted by molar-refractivity contribution is -0.143. The first-order chi connectivity index (χ1) is 21.6. The molecule has 1 saturated carbocycles. The smallest absolute Gasteiger partial charge is 0.305 e. The summed E-state index contributed by atoms with van der Waals surface area (Å²) in [6, 6.07) is 16.0. The zero-order chi connectivity index (χ0) is 32.4. The second kappa shape index (κ2) is 16.5. The minimum atomic E-state index is -1.29. The number of esters is 1. The van der Waals surface area contributed by atoms with Crippen molar-refractivity contribution in [2.45, 2.75) is 89.6 Å². The molecule has 9 heteroatoms. The molecule has 1 aliphatic rings. The molecule has 0 aliphatic heterocycles. The van der Waals surface area contributed by atoms with Crippen LogP contribution in [-0.2, 0) is 20.9 Å². The van der Waals surface area contributed by atoms with Gasteiger partial charge < -0.3 is 14.2 Å². The quantitative estimate of drug-likeness (QED) is 0.0709. The molecule has 1 aromatic heterocycles. The number of ether oxygens (including phenoxy) is 1. The van der Waals surface area contributed by atoms with E-state index in [9.17, 15) is 14.0 Å². The third-order valence-corrected chi connectivity index (χ3v) is 10.6. The number of amides is 1. The Kier molecular flexibility index (Phi) is 12.8. The van der Waals surface area contributed by atoms with Gasteiger partial charge in [-0.2, -0.15) is 0 Å². The molecule has 45 heavy (non-hydrogen) atoms. The van der Waals surface area contributed by atoms with Gasteiger partial charge in [-0.05, 0) is 67.5 Å². The van der Waals surface area contributed by atoms with Crippen molar-refractivity contribution in [2.75, 3.05) is 19.0 Å². The van der Waals surface area contributed by atoms with Crippen LogP contribution in [0.25, 0.3) is 11.1 Å². The first-order valence-corrected chi connectivity index (χ1v) is 20.5. The molecule has 1 aliphatic carbocycles. The third-order valence-electron chi connectivity index (χ3n) is 8.68. The van der Waals surface area contributed by atoms with Crippen LogP contribution in [-0.4, -0.2) is 48.4 Å². The molecular formula is C36H47ClF2N2O3Si. The maximum absolute atomic E-state index is 15.0. The van der Waals surface area contributed by atoms with Crippen LogP contribution in [0.3, 0.4) is 0 Å². The number of alkyl halides is 1. The summed E-state index contributed by atoms with van der Waals surface area (Å²) in [5.74, 6) is -1.36. The van der Waals surface area contributed by atoms with Gasteiger partial charge >= 0.3 is 5.97 Å². The summed E-state index contributed by atoms with van der Waals surface area (Å²) in [4.78, 5) is 27.8. The van der Waals surface area contributed by atoms with E-state index in [1.54, 1.807) is 0 Å². The topological polar surface area (TPSA) is 51.5 Å². The number of hydrogen-bond donors (Lipinski definition) is 0. The molecule has 0 spiro atoms. The zero-order valence-corrected chi connectivity index (χ0v) is 28.6. The van der Waals surface area contributed by atoms with E-state index in [-0.39, 0.29) is 35.3 Å². The van der Waals surface area contributed by atoms with Gasteiger partial charge in [-0.1, -0.05) is 69.2 Å². The van der Waals surface area contributed by atoms with Crippen LogP contribution >= 0.6 is 11.6 Å². The van der Waals surface area contributed by atoms with E-state index in [2.05, 4.69) is 24.2 Å². The van der Waals surface area contributed by atoms with E-state index in [0.29, 0.717) is 44.5 Å². The molecule has 0 bridgehead atoms. The fourth-order valence-electron chi connectivity index (χ4n) is 6.26. The highest BCUT2D eigenvalue weighted by Crippen LogP contribution is 2.41. The Bertz CT molecular complexity index is 1400. The summed E-state index contributed by atoms with van der Waals surface area (Å²) in [6.45, 7) is 8.17. The van der Waals surface area contributed by atoms with Crippen LogP contribution < -0.4 is 0 Å². The van der Waals surface area contributed by atoms with Crippen LogP contribution in [0.2, 0.25) is 25.7 Å². The van der Waals surface area contributed by atoms with Crippen molar-refractivity contribution in [2.24, 2.45) is 5.92 Å². The Morgan fingerprint density at radius 2 is 1.76 bits per heavy atom. The normalized spacial score (nSPS) is 14.7. The van der Waals surface area contributed by atoms with Crippen molar-refractivity contribution in [3.63, 3.8) is 0 Å². The highest BCUT2D eigenvalue weighted by molar-refractivity contribution is 6.76. The Hall–Kier alpha value is -2.97. The summed E-state index contributed by atoms with van der Waals surface area (Å²) in [5.41, 5.74) is 2.70.